The zero-order chi connectivity index (χ0) is 30.2. The SMILES string of the molecule is CC1CCN(c2nc(C3=CCCN(C(=O)c4cccc(Cl)c4)C3)ccc2C(=O)NS(=O)(=O)c2cccc(N)n2)C1(C)C. The normalized spacial score (nSPS) is 18.5. The van der Waals surface area contributed by atoms with Crippen LogP contribution in [-0.2, 0) is 10.0 Å². The van der Waals surface area contributed by atoms with Gasteiger partial charge in [0.1, 0.15) is 11.6 Å². The highest BCUT2D eigenvalue weighted by atomic mass is 35.5. The van der Waals surface area contributed by atoms with Gasteiger partial charge in [-0.3, -0.25) is 9.59 Å². The molecule has 1 fully saturated rings. The molecular weight excluding hydrogens is 576 g/mol. The molecule has 2 aliphatic rings. The zero-order valence-corrected chi connectivity index (χ0v) is 25.2. The molecule has 1 unspecified atom stereocenters. The number of carbonyl (C=O) groups is 2. The number of anilines is 2. The van der Waals surface area contributed by atoms with Gasteiger partial charge in [-0.1, -0.05) is 36.7 Å². The highest BCUT2D eigenvalue weighted by molar-refractivity contribution is 7.90. The number of benzene rings is 1. The number of sulfonamides is 1. The van der Waals surface area contributed by atoms with Crippen LogP contribution in [0.2, 0.25) is 5.02 Å². The largest absolute Gasteiger partial charge is 0.384 e. The minimum absolute atomic E-state index is 0.0217. The van der Waals surface area contributed by atoms with Crippen molar-refractivity contribution >= 4 is 50.6 Å². The van der Waals surface area contributed by atoms with E-state index >= 15 is 0 Å². The van der Waals surface area contributed by atoms with E-state index < -0.39 is 15.9 Å². The lowest BCUT2D eigenvalue weighted by Crippen LogP contribution is -2.44. The maximum absolute atomic E-state index is 13.5. The zero-order valence-electron chi connectivity index (χ0n) is 23.7. The molecule has 1 atom stereocenters. The number of pyridine rings is 2. The van der Waals surface area contributed by atoms with Crippen LogP contribution in [0.3, 0.4) is 0 Å². The van der Waals surface area contributed by atoms with E-state index in [1.54, 1.807) is 41.3 Å². The van der Waals surface area contributed by atoms with Crippen molar-refractivity contribution in [2.75, 3.05) is 30.3 Å². The fraction of sp³-hybridized carbons (Fsp3) is 0.333. The molecule has 4 heterocycles. The standard InChI is InChI=1S/C30H33ClN6O4S/c1-19-14-16-37(30(19,2)3)27-23(28(38)35-42(40,41)26-11-5-10-25(32)34-26)12-13-24(33-27)21-8-6-15-36(18-21)29(39)20-7-4-9-22(31)17-20/h4-5,7-13,17,19H,6,14-16,18H2,1-3H3,(H2,32,34)(H,35,38). The minimum atomic E-state index is -4.29. The maximum atomic E-state index is 13.5. The number of hydrogen-bond acceptors (Lipinski definition) is 8. The third-order valence-electron chi connectivity index (χ3n) is 8.15. The van der Waals surface area contributed by atoms with Crippen molar-refractivity contribution in [2.24, 2.45) is 5.92 Å². The molecule has 0 saturated carbocycles. The van der Waals surface area contributed by atoms with Crippen LogP contribution in [0.25, 0.3) is 5.57 Å². The van der Waals surface area contributed by atoms with Gasteiger partial charge in [-0.2, -0.15) is 8.42 Å². The van der Waals surface area contributed by atoms with Gasteiger partial charge in [0.2, 0.25) is 0 Å². The molecule has 5 rings (SSSR count). The number of nitrogens with one attached hydrogen (secondary N) is 1. The Labute approximate surface area is 250 Å². The van der Waals surface area contributed by atoms with E-state index in [0.717, 1.165) is 12.0 Å². The van der Waals surface area contributed by atoms with Crippen molar-refractivity contribution in [3.8, 4) is 0 Å². The molecule has 0 bridgehead atoms. The second-order valence-corrected chi connectivity index (χ2v) is 13.2. The lowest BCUT2D eigenvalue weighted by molar-refractivity contribution is 0.0774. The van der Waals surface area contributed by atoms with E-state index in [2.05, 4.69) is 35.4 Å². The van der Waals surface area contributed by atoms with E-state index in [1.807, 2.05) is 6.08 Å². The highest BCUT2D eigenvalue weighted by Gasteiger charge is 2.41. The van der Waals surface area contributed by atoms with Crippen LogP contribution in [-0.4, -0.2) is 60.3 Å². The molecule has 2 amide bonds. The van der Waals surface area contributed by atoms with Crippen LogP contribution >= 0.6 is 11.6 Å². The van der Waals surface area contributed by atoms with Crippen LogP contribution in [0, 0.1) is 5.92 Å². The molecular formula is C30H33ClN6O4S. The number of hydrogen-bond donors (Lipinski definition) is 2. The van der Waals surface area contributed by atoms with E-state index in [-0.39, 0.29) is 27.9 Å². The molecule has 2 aliphatic heterocycles. The van der Waals surface area contributed by atoms with Gasteiger partial charge in [0.05, 0.1) is 11.3 Å². The Morgan fingerprint density at radius 3 is 2.52 bits per heavy atom. The number of rotatable bonds is 6. The fourth-order valence-electron chi connectivity index (χ4n) is 5.34. The number of carbonyl (C=O) groups excluding carboxylic acids is 2. The lowest BCUT2D eigenvalue weighted by Gasteiger charge is -2.37. The van der Waals surface area contributed by atoms with Crippen molar-refractivity contribution < 1.29 is 18.0 Å². The molecule has 0 spiro atoms. The average molecular weight is 609 g/mol. The number of nitrogens with zero attached hydrogens (tertiary/aromatic N) is 4. The summed E-state index contributed by atoms with van der Waals surface area (Å²) in [6.45, 7) is 7.83. The van der Waals surface area contributed by atoms with E-state index in [1.165, 1.54) is 18.2 Å². The van der Waals surface area contributed by atoms with Crippen LogP contribution in [0.1, 0.15) is 60.0 Å². The highest BCUT2D eigenvalue weighted by Crippen LogP contribution is 2.39. The predicted molar refractivity (Wildman–Crippen MR) is 163 cm³/mol. The summed E-state index contributed by atoms with van der Waals surface area (Å²) in [6.07, 6.45) is 3.57. The van der Waals surface area contributed by atoms with Gasteiger partial charge < -0.3 is 15.5 Å². The Hall–Kier alpha value is -3.96. The van der Waals surface area contributed by atoms with Crippen LogP contribution in [0.5, 0.6) is 0 Å². The number of nitrogens with two attached hydrogens (primary N) is 1. The first-order valence-corrected chi connectivity index (χ1v) is 15.6. The van der Waals surface area contributed by atoms with Crippen molar-refractivity contribution in [1.82, 2.24) is 19.6 Å². The van der Waals surface area contributed by atoms with Gasteiger partial charge in [-0.15, -0.1) is 0 Å². The summed E-state index contributed by atoms with van der Waals surface area (Å²) < 4.78 is 28.1. The molecule has 220 valence electrons. The second-order valence-electron chi connectivity index (χ2n) is 11.2. The predicted octanol–water partition coefficient (Wildman–Crippen LogP) is 4.39. The summed E-state index contributed by atoms with van der Waals surface area (Å²) in [5.41, 5.74) is 7.40. The Morgan fingerprint density at radius 1 is 1.07 bits per heavy atom. The Kier molecular flexibility index (Phi) is 8.00. The number of aromatic nitrogens is 2. The van der Waals surface area contributed by atoms with Gasteiger partial charge in [0, 0.05) is 35.8 Å². The molecule has 0 aliphatic carbocycles. The van der Waals surface area contributed by atoms with Gasteiger partial charge in [0.15, 0.2) is 5.03 Å². The van der Waals surface area contributed by atoms with E-state index in [0.29, 0.717) is 54.1 Å². The maximum Gasteiger partial charge on any atom is 0.281 e. The molecule has 10 nitrogen and oxygen atoms in total. The van der Waals surface area contributed by atoms with Crippen molar-refractivity contribution in [2.45, 2.75) is 44.2 Å². The fourth-order valence-corrected chi connectivity index (χ4v) is 6.47. The summed E-state index contributed by atoms with van der Waals surface area (Å²) in [4.78, 5) is 39.3. The quantitative estimate of drug-likeness (QED) is 0.420. The Balaban J connectivity index is 1.48. The topological polar surface area (TPSA) is 139 Å². The first-order chi connectivity index (χ1) is 19.9. The summed E-state index contributed by atoms with van der Waals surface area (Å²) in [5.74, 6) is -0.241. The summed E-state index contributed by atoms with van der Waals surface area (Å²) in [5, 5.41) is 0.138. The van der Waals surface area contributed by atoms with Crippen molar-refractivity contribution in [3.05, 3.63) is 82.5 Å². The second kappa shape index (κ2) is 11.4. The van der Waals surface area contributed by atoms with Gasteiger partial charge in [0.25, 0.3) is 21.8 Å². The smallest absolute Gasteiger partial charge is 0.281 e. The molecule has 0 radical (unpaired) electrons. The van der Waals surface area contributed by atoms with Gasteiger partial charge in [-0.25, -0.2) is 14.7 Å². The van der Waals surface area contributed by atoms with Crippen molar-refractivity contribution in [3.63, 3.8) is 0 Å². The lowest BCUT2D eigenvalue weighted by atomic mass is 9.90. The molecule has 3 aromatic rings. The number of halogens is 1. The molecule has 1 aromatic carbocycles. The molecule has 2 aromatic heterocycles. The molecule has 3 N–H and O–H groups in total. The first kappa shape index (κ1) is 29.5. The third kappa shape index (κ3) is 5.84. The summed E-state index contributed by atoms with van der Waals surface area (Å²) >= 11 is 6.11. The van der Waals surface area contributed by atoms with Gasteiger partial charge in [-0.05, 0) is 80.6 Å². The minimum Gasteiger partial charge on any atom is -0.384 e. The average Bonchev–Trinajstić information content (AvgIpc) is 3.23. The first-order valence-electron chi connectivity index (χ1n) is 13.7. The number of amides is 2. The van der Waals surface area contributed by atoms with E-state index in [9.17, 15) is 18.0 Å². The van der Waals surface area contributed by atoms with Crippen LogP contribution in [0.4, 0.5) is 11.6 Å². The van der Waals surface area contributed by atoms with Gasteiger partial charge >= 0.3 is 0 Å². The Morgan fingerprint density at radius 2 is 1.83 bits per heavy atom. The summed E-state index contributed by atoms with van der Waals surface area (Å²) in [6, 6.07) is 14.3. The summed E-state index contributed by atoms with van der Waals surface area (Å²) in [7, 11) is -4.29. The molecule has 42 heavy (non-hydrogen) atoms. The Bertz CT molecular complexity index is 1690. The monoisotopic (exact) mass is 608 g/mol. The van der Waals surface area contributed by atoms with Crippen LogP contribution in [0.15, 0.2) is 65.7 Å². The van der Waals surface area contributed by atoms with E-state index in [4.69, 9.17) is 22.3 Å². The third-order valence-corrected chi connectivity index (χ3v) is 9.62. The molecule has 1 saturated heterocycles. The number of nitrogen functional groups attached to an aromatic ring is 1. The van der Waals surface area contributed by atoms with Crippen molar-refractivity contribution in [1.29, 1.82) is 0 Å². The molecule has 12 heteroatoms. The van der Waals surface area contributed by atoms with Crippen LogP contribution < -0.4 is 15.4 Å².